The minimum atomic E-state index is -0.270. The molecule has 0 atom stereocenters. The Bertz CT molecular complexity index is 578. The predicted octanol–water partition coefficient (Wildman–Crippen LogP) is 5.91. The number of benzene rings is 2. The second kappa shape index (κ2) is 7.05. The average Bonchev–Trinajstić information content (AvgIpc) is 2.45. The van der Waals surface area contributed by atoms with Crippen LogP contribution in [0.1, 0.15) is 22.3 Å². The molecule has 3 heteroatoms. The Labute approximate surface area is 142 Å². The van der Waals surface area contributed by atoms with Gasteiger partial charge in [0, 0.05) is 22.2 Å². The molecule has 0 amide bonds. The van der Waals surface area contributed by atoms with Gasteiger partial charge in [0.2, 0.25) is 0 Å². The van der Waals surface area contributed by atoms with Crippen LogP contribution in [0, 0.1) is 13.8 Å². The van der Waals surface area contributed by atoms with Crippen molar-refractivity contribution in [3.63, 3.8) is 0 Å². The summed E-state index contributed by atoms with van der Waals surface area (Å²) in [6.07, 6.45) is 0.824. The van der Waals surface area contributed by atoms with Crippen LogP contribution in [0.5, 0.6) is 0 Å². The van der Waals surface area contributed by atoms with Gasteiger partial charge in [-0.25, -0.2) is 0 Å². The molecule has 0 aliphatic rings. The summed E-state index contributed by atoms with van der Waals surface area (Å²) in [6, 6.07) is 14.4. The summed E-state index contributed by atoms with van der Waals surface area (Å²) < 4.78 is 0. The zero-order valence-corrected chi connectivity index (χ0v) is 14.6. The highest BCUT2D eigenvalue weighted by molar-refractivity contribution is 6.30. The zero-order valence-electron chi connectivity index (χ0n) is 12.3. The quantitative estimate of drug-likeness (QED) is 0.593. The van der Waals surface area contributed by atoms with Gasteiger partial charge < -0.3 is 0 Å². The lowest BCUT2D eigenvalue weighted by Crippen LogP contribution is -2.33. The van der Waals surface area contributed by atoms with Crippen molar-refractivity contribution < 1.29 is 0 Å². The second-order valence-electron chi connectivity index (χ2n) is 5.73. The lowest BCUT2D eigenvalue weighted by molar-refractivity contribution is 0.536. The minimum Gasteiger partial charge on any atom is -0.126 e. The van der Waals surface area contributed by atoms with Crippen LogP contribution in [-0.4, -0.2) is 11.8 Å². The van der Waals surface area contributed by atoms with E-state index in [0.717, 1.165) is 17.0 Å². The largest absolute Gasteiger partial charge is 0.126 e. The predicted molar refractivity (Wildman–Crippen MR) is 94.2 cm³/mol. The molecule has 2 aromatic carbocycles. The molecule has 0 aliphatic heterocycles. The normalized spacial score (nSPS) is 11.7. The summed E-state index contributed by atoms with van der Waals surface area (Å²) >= 11 is 18.6. The van der Waals surface area contributed by atoms with Gasteiger partial charge in [0.15, 0.2) is 0 Å². The number of hydrogen-bond donors (Lipinski definition) is 0. The van der Waals surface area contributed by atoms with E-state index in [2.05, 4.69) is 32.0 Å². The number of aryl methyl sites for hydroxylation is 2. The van der Waals surface area contributed by atoms with E-state index in [1.165, 1.54) is 16.7 Å². The van der Waals surface area contributed by atoms with Gasteiger partial charge in [-0.2, -0.15) is 0 Å². The number of rotatable bonds is 5. The van der Waals surface area contributed by atoms with Crippen LogP contribution in [0.2, 0.25) is 5.02 Å². The van der Waals surface area contributed by atoms with Gasteiger partial charge in [-0.05, 0) is 43.5 Å². The second-order valence-corrected chi connectivity index (χ2v) is 6.70. The number of halogens is 3. The van der Waals surface area contributed by atoms with Crippen molar-refractivity contribution in [3.8, 4) is 0 Å². The maximum absolute atomic E-state index is 6.31. The molecule has 0 saturated carbocycles. The van der Waals surface area contributed by atoms with Gasteiger partial charge in [-0.15, -0.1) is 23.2 Å². The fourth-order valence-electron chi connectivity index (χ4n) is 2.75. The molecule has 0 saturated heterocycles. The van der Waals surface area contributed by atoms with Crippen LogP contribution in [0.4, 0.5) is 0 Å². The maximum Gasteiger partial charge on any atom is 0.0406 e. The first-order valence-electron chi connectivity index (χ1n) is 6.94. The Morgan fingerprint density at radius 2 is 1.38 bits per heavy atom. The molecular formula is C18H19Cl3. The van der Waals surface area contributed by atoms with Crippen LogP contribution in [-0.2, 0) is 11.8 Å². The molecule has 21 heavy (non-hydrogen) atoms. The third kappa shape index (κ3) is 3.94. The standard InChI is InChI=1S/C18H19Cl3/c1-13-7-14(2)9-15(8-13)10-18(11-19,12-20)16-3-5-17(21)6-4-16/h3-9H,10-12H2,1-2H3. The fourth-order valence-corrected chi connectivity index (χ4v) is 3.66. The van der Waals surface area contributed by atoms with E-state index < -0.39 is 0 Å². The molecule has 2 rings (SSSR count). The first kappa shape index (κ1) is 16.7. The molecule has 0 aliphatic carbocycles. The average molecular weight is 342 g/mol. The Hall–Kier alpha value is -0.690. The van der Waals surface area contributed by atoms with Crippen LogP contribution in [0.15, 0.2) is 42.5 Å². The van der Waals surface area contributed by atoms with E-state index in [4.69, 9.17) is 34.8 Å². The van der Waals surface area contributed by atoms with Crippen LogP contribution < -0.4 is 0 Å². The van der Waals surface area contributed by atoms with E-state index in [1.54, 1.807) is 0 Å². The summed E-state index contributed by atoms with van der Waals surface area (Å²) in [5.41, 5.74) is 4.66. The Morgan fingerprint density at radius 3 is 1.86 bits per heavy atom. The number of alkyl halides is 2. The Kier molecular flexibility index (Phi) is 5.60. The highest BCUT2D eigenvalue weighted by Crippen LogP contribution is 2.33. The van der Waals surface area contributed by atoms with E-state index in [1.807, 2.05) is 24.3 Å². The van der Waals surface area contributed by atoms with E-state index in [-0.39, 0.29) is 5.41 Å². The Morgan fingerprint density at radius 1 is 0.857 bits per heavy atom. The van der Waals surface area contributed by atoms with Crippen molar-refractivity contribution >= 4 is 34.8 Å². The van der Waals surface area contributed by atoms with Gasteiger partial charge in [-0.1, -0.05) is 53.1 Å². The van der Waals surface area contributed by atoms with E-state index >= 15 is 0 Å². The van der Waals surface area contributed by atoms with Crippen molar-refractivity contribution in [1.82, 2.24) is 0 Å². The van der Waals surface area contributed by atoms with Gasteiger partial charge in [0.1, 0.15) is 0 Å². The molecule has 0 spiro atoms. The molecule has 0 fully saturated rings. The van der Waals surface area contributed by atoms with Crippen molar-refractivity contribution in [1.29, 1.82) is 0 Å². The monoisotopic (exact) mass is 340 g/mol. The molecule has 0 heterocycles. The van der Waals surface area contributed by atoms with Crippen LogP contribution in [0.25, 0.3) is 0 Å². The van der Waals surface area contributed by atoms with Crippen LogP contribution in [0.3, 0.4) is 0 Å². The molecule has 0 unspecified atom stereocenters. The molecule has 0 aromatic heterocycles. The zero-order chi connectivity index (χ0) is 15.5. The van der Waals surface area contributed by atoms with E-state index in [9.17, 15) is 0 Å². The maximum atomic E-state index is 6.31. The van der Waals surface area contributed by atoms with Gasteiger partial charge in [0.05, 0.1) is 0 Å². The van der Waals surface area contributed by atoms with Gasteiger partial charge in [0.25, 0.3) is 0 Å². The van der Waals surface area contributed by atoms with E-state index in [0.29, 0.717) is 11.8 Å². The lowest BCUT2D eigenvalue weighted by Gasteiger charge is -2.31. The molecule has 2 aromatic rings. The smallest absolute Gasteiger partial charge is 0.0406 e. The highest BCUT2D eigenvalue weighted by Gasteiger charge is 2.31. The van der Waals surface area contributed by atoms with Gasteiger partial charge >= 0.3 is 0 Å². The van der Waals surface area contributed by atoms with Crippen molar-refractivity contribution in [2.45, 2.75) is 25.7 Å². The summed E-state index contributed by atoms with van der Waals surface area (Å²) in [5, 5.41) is 0.725. The minimum absolute atomic E-state index is 0.270. The highest BCUT2D eigenvalue weighted by atomic mass is 35.5. The van der Waals surface area contributed by atoms with Crippen LogP contribution >= 0.6 is 34.8 Å². The van der Waals surface area contributed by atoms with Crippen molar-refractivity contribution in [3.05, 3.63) is 69.7 Å². The molecule has 0 bridgehead atoms. The van der Waals surface area contributed by atoms with Crippen molar-refractivity contribution in [2.24, 2.45) is 0 Å². The topological polar surface area (TPSA) is 0 Å². The molecule has 0 N–H and O–H groups in total. The van der Waals surface area contributed by atoms with Gasteiger partial charge in [-0.3, -0.25) is 0 Å². The number of hydrogen-bond acceptors (Lipinski definition) is 0. The summed E-state index contributed by atoms with van der Waals surface area (Å²) in [6.45, 7) is 4.23. The molecule has 0 nitrogen and oxygen atoms in total. The SMILES string of the molecule is Cc1cc(C)cc(CC(CCl)(CCl)c2ccc(Cl)cc2)c1. The summed E-state index contributed by atoms with van der Waals surface area (Å²) in [7, 11) is 0. The molecule has 0 radical (unpaired) electrons. The molecule has 112 valence electrons. The van der Waals surface area contributed by atoms with Crippen molar-refractivity contribution in [2.75, 3.05) is 11.8 Å². The first-order valence-corrected chi connectivity index (χ1v) is 8.39. The third-order valence-corrected chi connectivity index (χ3v) is 5.07. The summed E-state index contributed by atoms with van der Waals surface area (Å²) in [5.74, 6) is 0.955. The third-order valence-electron chi connectivity index (χ3n) is 3.79. The fraction of sp³-hybridized carbons (Fsp3) is 0.333. The lowest BCUT2D eigenvalue weighted by atomic mass is 9.78. The Balaban J connectivity index is 2.40. The molecular weight excluding hydrogens is 323 g/mol. The first-order chi connectivity index (χ1) is 9.99. The summed E-state index contributed by atoms with van der Waals surface area (Å²) in [4.78, 5) is 0.